The van der Waals surface area contributed by atoms with Crippen molar-refractivity contribution in [1.82, 2.24) is 5.32 Å². The number of nitrogens with one attached hydrogen (secondary N) is 1. The van der Waals surface area contributed by atoms with Crippen LogP contribution in [0.25, 0.3) is 0 Å². The van der Waals surface area contributed by atoms with Gasteiger partial charge in [-0.1, -0.05) is 36.4 Å². The Morgan fingerprint density at radius 3 is 2.57 bits per heavy atom. The second kappa shape index (κ2) is 8.95. The molecule has 23 heavy (non-hydrogen) atoms. The van der Waals surface area contributed by atoms with Crippen molar-refractivity contribution in [2.45, 2.75) is 26.0 Å². The molecule has 0 aliphatic carbocycles. The Balaban J connectivity index is 1.90. The molecule has 2 rings (SSSR count). The quantitative estimate of drug-likeness (QED) is 0.791. The number of ether oxygens (including phenoxy) is 2. The third-order valence-electron chi connectivity index (χ3n) is 3.06. The molecule has 1 amide bonds. The highest BCUT2D eigenvalue weighted by molar-refractivity contribution is 7.09. The SMILES string of the molecule is CCOC(=O)[C@H](Cc1cccs1)NC(=O)OCc1ccccc1. The summed E-state index contributed by atoms with van der Waals surface area (Å²) in [6.07, 6.45) is -0.250. The lowest BCUT2D eigenvalue weighted by atomic mass is 10.2. The summed E-state index contributed by atoms with van der Waals surface area (Å²) < 4.78 is 10.2. The molecule has 1 heterocycles. The highest BCUT2D eigenvalue weighted by Crippen LogP contribution is 2.12. The zero-order chi connectivity index (χ0) is 16.5. The van der Waals surface area contributed by atoms with Crippen molar-refractivity contribution >= 4 is 23.4 Å². The molecule has 0 unspecified atom stereocenters. The number of hydrogen-bond donors (Lipinski definition) is 1. The molecule has 0 saturated heterocycles. The zero-order valence-corrected chi connectivity index (χ0v) is 13.7. The first-order valence-corrected chi connectivity index (χ1v) is 8.23. The lowest BCUT2D eigenvalue weighted by molar-refractivity contribution is -0.145. The first-order valence-electron chi connectivity index (χ1n) is 7.35. The number of esters is 1. The normalized spacial score (nSPS) is 11.5. The first kappa shape index (κ1) is 17.0. The summed E-state index contributed by atoms with van der Waals surface area (Å²) in [5, 5.41) is 4.50. The van der Waals surface area contributed by atoms with Crippen LogP contribution in [0, 0.1) is 0 Å². The molecule has 2 aromatic rings. The van der Waals surface area contributed by atoms with Gasteiger partial charge in [-0.15, -0.1) is 11.3 Å². The third kappa shape index (κ3) is 5.75. The van der Waals surface area contributed by atoms with E-state index in [0.29, 0.717) is 6.42 Å². The molecule has 0 radical (unpaired) electrons. The summed E-state index contributed by atoms with van der Waals surface area (Å²) in [6.45, 7) is 2.15. The van der Waals surface area contributed by atoms with Crippen LogP contribution in [-0.4, -0.2) is 24.7 Å². The minimum atomic E-state index is -0.753. The van der Waals surface area contributed by atoms with E-state index in [2.05, 4.69) is 5.32 Å². The van der Waals surface area contributed by atoms with E-state index in [4.69, 9.17) is 9.47 Å². The highest BCUT2D eigenvalue weighted by atomic mass is 32.1. The second-order valence-corrected chi connectivity index (χ2v) is 5.83. The Hall–Kier alpha value is -2.34. The predicted octanol–water partition coefficient (Wildman–Crippen LogP) is 3.15. The van der Waals surface area contributed by atoms with E-state index in [1.807, 2.05) is 47.8 Å². The maximum Gasteiger partial charge on any atom is 0.408 e. The van der Waals surface area contributed by atoms with E-state index < -0.39 is 18.1 Å². The molecule has 0 saturated carbocycles. The Morgan fingerprint density at radius 2 is 1.91 bits per heavy atom. The Labute approximate surface area is 139 Å². The van der Waals surface area contributed by atoms with Crippen LogP contribution in [0.5, 0.6) is 0 Å². The Bertz CT molecular complexity index is 613. The summed E-state index contributed by atoms with van der Waals surface area (Å²) in [4.78, 5) is 24.9. The number of hydrogen-bond acceptors (Lipinski definition) is 5. The molecule has 122 valence electrons. The van der Waals surface area contributed by atoms with Gasteiger partial charge in [0.1, 0.15) is 12.6 Å². The topological polar surface area (TPSA) is 64.6 Å². The number of carbonyl (C=O) groups excluding carboxylic acids is 2. The molecule has 1 N–H and O–H groups in total. The van der Waals surface area contributed by atoms with E-state index >= 15 is 0 Å². The minimum absolute atomic E-state index is 0.154. The fraction of sp³-hybridized carbons (Fsp3) is 0.294. The molecule has 1 aromatic heterocycles. The molecule has 0 aliphatic rings. The van der Waals surface area contributed by atoms with Gasteiger partial charge in [0.05, 0.1) is 6.61 Å². The van der Waals surface area contributed by atoms with E-state index in [1.165, 1.54) is 11.3 Å². The number of thiophene rings is 1. The zero-order valence-electron chi connectivity index (χ0n) is 12.9. The van der Waals surface area contributed by atoms with Crippen LogP contribution >= 0.6 is 11.3 Å². The van der Waals surface area contributed by atoms with Crippen LogP contribution in [0.1, 0.15) is 17.4 Å². The third-order valence-corrected chi connectivity index (χ3v) is 3.96. The van der Waals surface area contributed by atoms with Gasteiger partial charge < -0.3 is 14.8 Å². The second-order valence-electron chi connectivity index (χ2n) is 4.79. The average Bonchev–Trinajstić information content (AvgIpc) is 3.06. The van der Waals surface area contributed by atoms with Gasteiger partial charge in [-0.3, -0.25) is 0 Å². The van der Waals surface area contributed by atoms with Gasteiger partial charge in [-0.2, -0.15) is 0 Å². The van der Waals surface area contributed by atoms with E-state index in [9.17, 15) is 9.59 Å². The predicted molar refractivity (Wildman–Crippen MR) is 88.2 cm³/mol. The lowest BCUT2D eigenvalue weighted by Gasteiger charge is -2.16. The van der Waals surface area contributed by atoms with Gasteiger partial charge in [-0.05, 0) is 23.9 Å². The molecule has 0 fully saturated rings. The van der Waals surface area contributed by atoms with E-state index in [-0.39, 0.29) is 13.2 Å². The minimum Gasteiger partial charge on any atom is -0.464 e. The summed E-state index contributed by atoms with van der Waals surface area (Å²) in [6, 6.07) is 12.4. The van der Waals surface area contributed by atoms with Gasteiger partial charge in [0.25, 0.3) is 0 Å². The smallest absolute Gasteiger partial charge is 0.408 e. The van der Waals surface area contributed by atoms with Crippen molar-refractivity contribution in [3.05, 3.63) is 58.3 Å². The maximum atomic E-state index is 12.0. The van der Waals surface area contributed by atoms with Crippen LogP contribution in [0.2, 0.25) is 0 Å². The molecule has 0 bridgehead atoms. The summed E-state index contributed by atoms with van der Waals surface area (Å²) in [5.41, 5.74) is 0.883. The van der Waals surface area contributed by atoms with Crippen molar-refractivity contribution < 1.29 is 19.1 Å². The van der Waals surface area contributed by atoms with E-state index in [0.717, 1.165) is 10.4 Å². The van der Waals surface area contributed by atoms with Crippen molar-refractivity contribution in [3.63, 3.8) is 0 Å². The standard InChI is InChI=1S/C17H19NO4S/c1-2-21-16(19)15(11-14-9-6-10-23-14)18-17(20)22-12-13-7-4-3-5-8-13/h3-10,15H,2,11-12H2,1H3,(H,18,20)/t15-/m0/s1. The van der Waals surface area contributed by atoms with Gasteiger partial charge in [-0.25, -0.2) is 9.59 Å². The maximum absolute atomic E-state index is 12.0. The van der Waals surface area contributed by atoms with Crippen LogP contribution in [0.15, 0.2) is 47.8 Å². The molecule has 6 heteroatoms. The van der Waals surface area contributed by atoms with Crippen LogP contribution in [-0.2, 0) is 27.3 Å². The van der Waals surface area contributed by atoms with Crippen molar-refractivity contribution in [2.75, 3.05) is 6.61 Å². The average molecular weight is 333 g/mol. The molecule has 0 aliphatic heterocycles. The lowest BCUT2D eigenvalue weighted by Crippen LogP contribution is -2.43. The fourth-order valence-electron chi connectivity index (χ4n) is 1.97. The van der Waals surface area contributed by atoms with Gasteiger partial charge in [0.2, 0.25) is 0 Å². The summed E-state index contributed by atoms with van der Waals surface area (Å²) >= 11 is 1.52. The Kier molecular flexibility index (Phi) is 6.62. The van der Waals surface area contributed by atoms with Crippen LogP contribution in [0.3, 0.4) is 0 Å². The number of benzene rings is 1. The largest absolute Gasteiger partial charge is 0.464 e. The molecule has 0 spiro atoms. The van der Waals surface area contributed by atoms with Crippen molar-refractivity contribution in [3.8, 4) is 0 Å². The highest BCUT2D eigenvalue weighted by Gasteiger charge is 2.23. The van der Waals surface area contributed by atoms with Crippen molar-refractivity contribution in [1.29, 1.82) is 0 Å². The molecule has 5 nitrogen and oxygen atoms in total. The summed E-state index contributed by atoms with van der Waals surface area (Å²) in [5.74, 6) is -0.461. The molecule has 1 atom stereocenters. The molecular formula is C17H19NO4S. The fourth-order valence-corrected chi connectivity index (χ4v) is 2.73. The Morgan fingerprint density at radius 1 is 1.13 bits per heavy atom. The van der Waals surface area contributed by atoms with E-state index in [1.54, 1.807) is 6.92 Å². The molecule has 1 aromatic carbocycles. The van der Waals surface area contributed by atoms with Gasteiger partial charge in [0.15, 0.2) is 0 Å². The number of rotatable bonds is 7. The van der Waals surface area contributed by atoms with Gasteiger partial charge >= 0.3 is 12.1 Å². The number of amides is 1. The number of carbonyl (C=O) groups is 2. The monoisotopic (exact) mass is 333 g/mol. The van der Waals surface area contributed by atoms with Crippen LogP contribution in [0.4, 0.5) is 4.79 Å². The summed E-state index contributed by atoms with van der Waals surface area (Å²) in [7, 11) is 0. The van der Waals surface area contributed by atoms with Crippen LogP contribution < -0.4 is 5.32 Å². The molecular weight excluding hydrogens is 314 g/mol. The van der Waals surface area contributed by atoms with Crippen molar-refractivity contribution in [2.24, 2.45) is 0 Å². The van der Waals surface area contributed by atoms with Gasteiger partial charge in [0, 0.05) is 11.3 Å². The number of alkyl carbamates (subject to hydrolysis) is 1. The first-order chi connectivity index (χ1) is 11.2.